The molecule has 13 nitrogen and oxygen atoms in total. The monoisotopic (exact) mass is 786 g/mol. The fraction of sp³-hybridized carbons (Fsp3) is 0.452. The van der Waals surface area contributed by atoms with Crippen molar-refractivity contribution in [2.24, 2.45) is 0 Å². The molecule has 0 aliphatic carbocycles. The number of fused-ring (bicyclic) bond motifs is 2. The SMILES string of the molecule is COc1ccc(C(OCC23OC(n4cc(C)c(=O)[nH]c4=O)C(OC2C)C3OP(OCCC#N)N(C(C)C)C(C)C)(c2ccccc2)c2ccc(OC)cc2)cc1. The average Bonchev–Trinajstić information content (AvgIpc) is 3.63. The lowest BCUT2D eigenvalue weighted by Crippen LogP contribution is -2.53. The molecule has 1 aromatic heterocycles. The number of H-pyrrole nitrogens is 1. The molecule has 56 heavy (non-hydrogen) atoms. The third-order valence-electron chi connectivity index (χ3n) is 10.4. The molecule has 0 spiro atoms. The lowest BCUT2D eigenvalue weighted by molar-refractivity contribution is -0.231. The molecule has 2 saturated heterocycles. The lowest BCUT2D eigenvalue weighted by Gasteiger charge is -2.43. The van der Waals surface area contributed by atoms with E-state index in [1.54, 1.807) is 21.1 Å². The standard InChI is InChI=1S/C42H51N4O9P/c1-27(2)46(28(3)4)56(52-24-12-23-43)55-37-36-39(45-25-29(5)38(47)44-40(45)48)54-41(37,30(6)53-36)26-51-42(31-13-10-9-11-14-31,32-15-19-34(49-7)20-16-32)33-17-21-35(50-8)22-18-33/h9-11,13-22,25,27-28,30,36-37,39H,12,24,26H2,1-8H3,(H,44,47,48). The van der Waals surface area contributed by atoms with Crippen molar-refractivity contribution in [1.82, 2.24) is 14.2 Å². The van der Waals surface area contributed by atoms with Crippen LogP contribution < -0.4 is 20.7 Å². The second-order valence-electron chi connectivity index (χ2n) is 14.6. The molecule has 6 atom stereocenters. The van der Waals surface area contributed by atoms with Gasteiger partial charge in [0.05, 0.1) is 46.0 Å². The number of nitriles is 1. The van der Waals surface area contributed by atoms with E-state index in [1.807, 2.05) is 85.8 Å². The summed E-state index contributed by atoms with van der Waals surface area (Å²) in [7, 11) is 1.46. The van der Waals surface area contributed by atoms with E-state index < -0.39 is 55.5 Å². The van der Waals surface area contributed by atoms with E-state index in [1.165, 1.54) is 10.8 Å². The minimum Gasteiger partial charge on any atom is -0.497 e. The van der Waals surface area contributed by atoms with Gasteiger partial charge in [-0.05, 0) is 82.5 Å². The number of hydrogen-bond acceptors (Lipinski definition) is 11. The number of aromatic nitrogens is 2. The number of methoxy groups -OCH3 is 2. The maximum Gasteiger partial charge on any atom is 0.330 e. The van der Waals surface area contributed by atoms with Gasteiger partial charge >= 0.3 is 5.69 Å². The van der Waals surface area contributed by atoms with Gasteiger partial charge in [-0.3, -0.25) is 14.3 Å². The first-order valence-electron chi connectivity index (χ1n) is 18.8. The van der Waals surface area contributed by atoms with Crippen LogP contribution in [0.4, 0.5) is 0 Å². The molecular weight excluding hydrogens is 735 g/mol. The summed E-state index contributed by atoms with van der Waals surface area (Å²) in [6.07, 6.45) is -1.55. The van der Waals surface area contributed by atoms with E-state index >= 15 is 0 Å². The second-order valence-corrected chi connectivity index (χ2v) is 16.0. The topological polar surface area (TPSA) is 147 Å². The van der Waals surface area contributed by atoms with E-state index in [0.29, 0.717) is 17.1 Å². The Hall–Kier alpha value is -4.38. The highest BCUT2D eigenvalue weighted by Gasteiger charge is 2.68. The molecule has 0 amide bonds. The van der Waals surface area contributed by atoms with E-state index in [-0.39, 0.29) is 31.7 Å². The predicted octanol–water partition coefficient (Wildman–Crippen LogP) is 6.59. The maximum absolute atomic E-state index is 13.4. The molecule has 3 aromatic carbocycles. The van der Waals surface area contributed by atoms with E-state index in [4.69, 9.17) is 32.7 Å². The van der Waals surface area contributed by atoms with Gasteiger partial charge in [-0.15, -0.1) is 0 Å². The summed E-state index contributed by atoms with van der Waals surface area (Å²) in [5.41, 5.74) is -0.818. The van der Waals surface area contributed by atoms with Crippen molar-refractivity contribution < 1.29 is 32.7 Å². The first kappa shape index (κ1) is 41.3. The minimum absolute atomic E-state index is 0.0184. The summed E-state index contributed by atoms with van der Waals surface area (Å²) in [6.45, 7) is 11.9. The second kappa shape index (κ2) is 17.4. The fourth-order valence-electron chi connectivity index (χ4n) is 7.66. The largest absolute Gasteiger partial charge is 0.497 e. The normalized spacial score (nSPS) is 22.5. The van der Waals surface area contributed by atoms with Crippen LogP contribution in [0.15, 0.2) is 94.6 Å². The number of benzene rings is 3. The van der Waals surface area contributed by atoms with Crippen LogP contribution >= 0.6 is 8.53 Å². The van der Waals surface area contributed by atoms with Gasteiger partial charge in [0, 0.05) is 23.8 Å². The van der Waals surface area contributed by atoms with Crippen molar-refractivity contribution in [1.29, 1.82) is 5.26 Å². The van der Waals surface area contributed by atoms with Crippen molar-refractivity contribution in [3.05, 3.63) is 128 Å². The predicted molar refractivity (Wildman–Crippen MR) is 212 cm³/mol. The molecule has 14 heteroatoms. The molecule has 6 rings (SSSR count). The first-order chi connectivity index (χ1) is 26.9. The van der Waals surface area contributed by atoms with Gasteiger partial charge in [0.1, 0.15) is 34.9 Å². The van der Waals surface area contributed by atoms with Gasteiger partial charge in [-0.2, -0.15) is 5.26 Å². The zero-order valence-corrected chi connectivity index (χ0v) is 34.0. The van der Waals surface area contributed by atoms with Crippen molar-refractivity contribution in [3.63, 3.8) is 0 Å². The summed E-state index contributed by atoms with van der Waals surface area (Å²) < 4.78 is 49.2. The number of aromatic amines is 1. The van der Waals surface area contributed by atoms with Crippen LogP contribution in [0.2, 0.25) is 0 Å². The van der Waals surface area contributed by atoms with Gasteiger partial charge in [0.25, 0.3) is 14.1 Å². The van der Waals surface area contributed by atoms with Crippen LogP contribution in [-0.4, -0.2) is 77.7 Å². The molecule has 0 saturated carbocycles. The van der Waals surface area contributed by atoms with Crippen LogP contribution in [0.5, 0.6) is 11.5 Å². The van der Waals surface area contributed by atoms with Gasteiger partial charge in [0.15, 0.2) is 6.23 Å². The summed E-state index contributed by atoms with van der Waals surface area (Å²) in [5, 5.41) is 9.40. The molecule has 2 aliphatic rings. The number of rotatable bonds is 17. The summed E-state index contributed by atoms with van der Waals surface area (Å²) in [5.74, 6) is 1.37. The molecule has 2 bridgehead atoms. The van der Waals surface area contributed by atoms with Crippen molar-refractivity contribution in [2.45, 2.75) is 95.8 Å². The minimum atomic E-state index is -1.78. The Kier molecular flexibility index (Phi) is 12.8. The maximum atomic E-state index is 13.4. The van der Waals surface area contributed by atoms with Crippen LogP contribution in [0.3, 0.4) is 0 Å². The number of aryl methyl sites for hydroxylation is 1. The number of hydrogen-bond donors (Lipinski definition) is 1. The number of nitrogens with one attached hydrogen (secondary N) is 1. The summed E-state index contributed by atoms with van der Waals surface area (Å²) >= 11 is 0. The van der Waals surface area contributed by atoms with E-state index in [2.05, 4.69) is 43.4 Å². The van der Waals surface area contributed by atoms with Gasteiger partial charge < -0.3 is 32.7 Å². The summed E-state index contributed by atoms with van der Waals surface area (Å²) in [4.78, 5) is 28.3. The number of nitrogens with zero attached hydrogens (tertiary/aromatic N) is 3. The highest BCUT2D eigenvalue weighted by atomic mass is 31.2. The molecule has 4 aromatic rings. The summed E-state index contributed by atoms with van der Waals surface area (Å²) in [6, 6.07) is 27.6. The lowest BCUT2D eigenvalue weighted by atomic mass is 9.79. The Bertz CT molecular complexity index is 2030. The third kappa shape index (κ3) is 7.80. The molecule has 3 heterocycles. The highest BCUT2D eigenvalue weighted by Crippen LogP contribution is 2.58. The molecule has 6 unspecified atom stereocenters. The van der Waals surface area contributed by atoms with E-state index in [0.717, 1.165) is 16.7 Å². The van der Waals surface area contributed by atoms with Gasteiger partial charge in [-0.25, -0.2) is 9.46 Å². The van der Waals surface area contributed by atoms with Crippen LogP contribution in [0.25, 0.3) is 0 Å². The van der Waals surface area contributed by atoms with Crippen molar-refractivity contribution in [3.8, 4) is 17.6 Å². The zero-order chi connectivity index (χ0) is 40.2. The molecular formula is C42H51N4O9P. The van der Waals surface area contributed by atoms with Gasteiger partial charge in [0.2, 0.25) is 0 Å². The molecule has 2 fully saturated rings. The smallest absolute Gasteiger partial charge is 0.330 e. The van der Waals surface area contributed by atoms with Crippen molar-refractivity contribution in [2.75, 3.05) is 27.4 Å². The number of ether oxygens (including phenoxy) is 5. The quantitative estimate of drug-likeness (QED) is 0.0703. The van der Waals surface area contributed by atoms with Crippen LogP contribution in [-0.2, 0) is 28.9 Å². The molecule has 1 N–H and O–H groups in total. The van der Waals surface area contributed by atoms with E-state index in [9.17, 15) is 14.9 Å². The molecule has 298 valence electrons. The van der Waals surface area contributed by atoms with Crippen molar-refractivity contribution >= 4 is 8.53 Å². The molecule has 2 aliphatic heterocycles. The first-order valence-corrected chi connectivity index (χ1v) is 19.9. The Labute approximate surface area is 329 Å². The van der Waals surface area contributed by atoms with Gasteiger partial charge in [-0.1, -0.05) is 54.6 Å². The Morgan fingerprint density at radius 3 is 2.04 bits per heavy atom. The Morgan fingerprint density at radius 1 is 0.929 bits per heavy atom. The Morgan fingerprint density at radius 2 is 1.50 bits per heavy atom. The van der Waals surface area contributed by atoms with Crippen LogP contribution in [0, 0.1) is 18.3 Å². The fourth-order valence-corrected chi connectivity index (χ4v) is 9.46. The third-order valence-corrected chi connectivity index (χ3v) is 12.5. The molecule has 0 radical (unpaired) electrons. The van der Waals surface area contributed by atoms with Crippen LogP contribution in [0.1, 0.15) is 69.5 Å². The highest BCUT2D eigenvalue weighted by molar-refractivity contribution is 7.44. The Balaban J connectivity index is 1.52. The average molecular weight is 787 g/mol. The zero-order valence-electron chi connectivity index (χ0n) is 33.1.